The summed E-state index contributed by atoms with van der Waals surface area (Å²) < 4.78 is 44.7. The molecule has 0 aromatic carbocycles. The Bertz CT molecular complexity index is 362. The summed E-state index contributed by atoms with van der Waals surface area (Å²) in [6.45, 7) is 8.94. The van der Waals surface area contributed by atoms with E-state index >= 15 is 0 Å². The molecule has 0 atom stereocenters. The molecule has 0 saturated carbocycles. The number of rotatable bonds is 12. The van der Waals surface area contributed by atoms with Crippen LogP contribution in [0.5, 0.6) is 0 Å². The average Bonchev–Trinajstić information content (AvgIpc) is 2.60. The molecule has 0 aliphatic carbocycles. The van der Waals surface area contributed by atoms with Gasteiger partial charge in [0.2, 0.25) is 0 Å². The topological polar surface area (TPSA) is 55.4 Å². The van der Waals surface area contributed by atoms with E-state index in [4.69, 9.17) is 8.47 Å². The molecule has 26 heavy (non-hydrogen) atoms. The molecule has 152 valence electrons. The maximum absolute atomic E-state index is 6.77. The quantitative estimate of drug-likeness (QED) is 0.257. The first-order chi connectivity index (χ1) is 12.5. The molecule has 4 aliphatic rings. The predicted octanol–water partition coefficient (Wildman–Crippen LogP) is 5.08. The van der Waals surface area contributed by atoms with Crippen molar-refractivity contribution < 1.29 is 8.47 Å². The zero-order chi connectivity index (χ0) is 18.7. The molecule has 4 saturated heterocycles. The fourth-order valence-electron chi connectivity index (χ4n) is 3.86. The van der Waals surface area contributed by atoms with Crippen molar-refractivity contribution >= 4 is 78.5 Å². The van der Waals surface area contributed by atoms with Crippen molar-refractivity contribution in [3.05, 3.63) is 0 Å². The van der Waals surface area contributed by atoms with Gasteiger partial charge in [0.15, 0.2) is 0 Å². The van der Waals surface area contributed by atoms with Crippen LogP contribution in [0.1, 0.15) is 79.1 Å². The van der Waals surface area contributed by atoms with E-state index in [0.717, 1.165) is 69.1 Å². The summed E-state index contributed by atoms with van der Waals surface area (Å²) in [4.78, 5) is 0. The summed E-state index contributed by atoms with van der Waals surface area (Å²) in [5.41, 5.74) is 0. The molecule has 0 N–H and O–H groups in total. The van der Waals surface area contributed by atoms with Crippen LogP contribution in [0.2, 0.25) is 17.7 Å². The third kappa shape index (κ3) is 5.22. The van der Waals surface area contributed by atoms with Crippen LogP contribution < -0.4 is 0 Å². The maximum atomic E-state index is 6.77. The van der Waals surface area contributed by atoms with Crippen LogP contribution in [0.25, 0.3) is 0 Å². The molecule has 0 unspecified atom stereocenters. The molecular weight excluding hydrogens is 763 g/mol. The molecule has 10 heteroatoms. The zero-order valence-corrected chi connectivity index (χ0v) is 28.4. The Labute approximate surface area is 181 Å². The van der Waals surface area contributed by atoms with Crippen LogP contribution in [0, 0.1) is 0 Å². The van der Waals surface area contributed by atoms with Gasteiger partial charge in [-0.1, -0.05) is 0 Å². The van der Waals surface area contributed by atoms with Crippen LogP contribution in [-0.4, -0.2) is 78.5 Å². The zero-order valence-electron chi connectivity index (χ0n) is 16.9. The van der Waals surface area contributed by atoms with Crippen molar-refractivity contribution in [2.45, 2.75) is 96.8 Å². The van der Waals surface area contributed by atoms with Crippen LogP contribution in [0.3, 0.4) is 0 Å². The van der Waals surface area contributed by atoms with Crippen molar-refractivity contribution in [1.29, 1.82) is 0 Å². The molecular formula is C16H36O6Sn4. The van der Waals surface area contributed by atoms with Crippen LogP contribution in [0.15, 0.2) is 0 Å². The second-order valence-corrected chi connectivity index (χ2v) is 56.0. The Morgan fingerprint density at radius 3 is 0.731 bits per heavy atom. The fourth-order valence-corrected chi connectivity index (χ4v) is 178. The summed E-state index contributed by atoms with van der Waals surface area (Å²) >= 11 is -14.1. The van der Waals surface area contributed by atoms with Crippen molar-refractivity contribution in [2.24, 2.45) is 0 Å². The Balaban J connectivity index is 1.93. The molecule has 0 aromatic heterocycles. The van der Waals surface area contributed by atoms with Gasteiger partial charge in [-0.2, -0.15) is 0 Å². The molecule has 4 bridgehead atoms. The van der Waals surface area contributed by atoms with E-state index in [1.54, 1.807) is 0 Å². The fraction of sp³-hybridized carbons (Fsp3) is 1.00. The third-order valence-electron chi connectivity index (χ3n) is 5.21. The molecule has 0 radical (unpaired) electrons. The van der Waals surface area contributed by atoms with E-state index in [0.29, 0.717) is 0 Å². The van der Waals surface area contributed by atoms with E-state index in [1.807, 2.05) is 0 Å². The van der Waals surface area contributed by atoms with E-state index in [9.17, 15) is 0 Å². The SMILES string of the molecule is CCC[CH2][Sn]12[O][Sn]3([CH2]CCC)[O][Sn]([CH2]CCC)([O]1)[O][Sn]([CH2]CCC)([O]2)[O]3. The first-order valence-corrected chi connectivity index (χ1v) is 32.7. The van der Waals surface area contributed by atoms with E-state index < -0.39 is 78.5 Å². The Morgan fingerprint density at radius 2 is 0.577 bits per heavy atom. The van der Waals surface area contributed by atoms with Gasteiger partial charge in [-0.15, -0.1) is 0 Å². The van der Waals surface area contributed by atoms with Gasteiger partial charge in [-0.05, 0) is 0 Å². The predicted molar refractivity (Wildman–Crippen MR) is 108 cm³/mol. The molecule has 6 nitrogen and oxygen atoms in total. The minimum atomic E-state index is -3.54. The summed E-state index contributed by atoms with van der Waals surface area (Å²) in [5, 5.41) is 0. The number of hydrogen-bond acceptors (Lipinski definition) is 6. The van der Waals surface area contributed by atoms with Crippen LogP contribution in [0.4, 0.5) is 0 Å². The van der Waals surface area contributed by atoms with Gasteiger partial charge in [-0.25, -0.2) is 0 Å². The molecule has 0 spiro atoms. The van der Waals surface area contributed by atoms with Gasteiger partial charge >= 0.3 is 184 Å². The monoisotopic (exact) mass is 804 g/mol. The van der Waals surface area contributed by atoms with Gasteiger partial charge in [0.25, 0.3) is 0 Å². The minimum absolute atomic E-state index is 1.02. The molecule has 4 heterocycles. The second kappa shape index (κ2) is 10.1. The molecule has 0 aromatic rings. The van der Waals surface area contributed by atoms with Crippen LogP contribution in [-0.2, 0) is 8.47 Å². The van der Waals surface area contributed by atoms with E-state index in [-0.39, 0.29) is 0 Å². The standard InChI is InChI=1S/4C4H9.6O.4Sn/c4*1-3-4-2;;;;;;;;;;/h4*1,3-4H2,2H3;;;;;;;;;;. The van der Waals surface area contributed by atoms with Crippen molar-refractivity contribution in [2.75, 3.05) is 0 Å². The molecule has 0 amide bonds. The Hall–Kier alpha value is 2.95. The molecule has 4 aliphatic heterocycles. The average molecular weight is 799 g/mol. The molecule has 4 fully saturated rings. The van der Waals surface area contributed by atoms with Crippen LogP contribution >= 0.6 is 0 Å². The Kier molecular flexibility index (Phi) is 9.13. The normalized spacial score (nSPS) is 41.1. The number of unbranched alkanes of at least 4 members (excludes halogenated alkanes) is 4. The van der Waals surface area contributed by atoms with Crippen molar-refractivity contribution in [3.8, 4) is 0 Å². The van der Waals surface area contributed by atoms with E-state index in [1.165, 1.54) is 0 Å². The molecule has 4 rings (SSSR count). The van der Waals surface area contributed by atoms with E-state index in [2.05, 4.69) is 27.7 Å². The summed E-state index contributed by atoms with van der Waals surface area (Å²) in [7, 11) is 0. The Morgan fingerprint density at radius 1 is 0.385 bits per heavy atom. The van der Waals surface area contributed by atoms with Gasteiger partial charge < -0.3 is 0 Å². The van der Waals surface area contributed by atoms with Crippen molar-refractivity contribution in [1.82, 2.24) is 0 Å². The first-order valence-electron chi connectivity index (χ1n) is 10.7. The third-order valence-corrected chi connectivity index (χ3v) is 98.3. The van der Waals surface area contributed by atoms with Crippen molar-refractivity contribution in [3.63, 3.8) is 0 Å². The number of hydrogen-bond donors (Lipinski definition) is 0. The second-order valence-electron chi connectivity index (χ2n) is 7.76. The summed E-state index contributed by atoms with van der Waals surface area (Å²) in [5.74, 6) is 0. The summed E-state index contributed by atoms with van der Waals surface area (Å²) in [6, 6.07) is 0. The summed E-state index contributed by atoms with van der Waals surface area (Å²) in [6.07, 6.45) is 9.17. The van der Waals surface area contributed by atoms with Gasteiger partial charge in [0.1, 0.15) is 0 Å². The van der Waals surface area contributed by atoms with Gasteiger partial charge in [-0.3, -0.25) is 0 Å². The first kappa shape index (κ1) is 23.6. The van der Waals surface area contributed by atoms with Gasteiger partial charge in [0, 0.05) is 0 Å². The van der Waals surface area contributed by atoms with Gasteiger partial charge in [0.05, 0.1) is 0 Å².